The minimum absolute atomic E-state index is 0.410. The maximum atomic E-state index is 5.21. The van der Waals surface area contributed by atoms with Gasteiger partial charge in [-0.3, -0.25) is 0 Å². The van der Waals surface area contributed by atoms with Gasteiger partial charge in [0.25, 0.3) is 0 Å². The van der Waals surface area contributed by atoms with E-state index < -0.39 is 0 Å². The van der Waals surface area contributed by atoms with E-state index in [4.69, 9.17) is 4.74 Å². The number of rotatable bonds is 4. The van der Waals surface area contributed by atoms with Crippen LogP contribution in [0.15, 0.2) is 12.4 Å². The van der Waals surface area contributed by atoms with E-state index in [1.807, 2.05) is 13.1 Å². The van der Waals surface area contributed by atoms with Crippen LogP contribution in [0.2, 0.25) is 0 Å². The second kappa shape index (κ2) is 4.44. The van der Waals surface area contributed by atoms with Gasteiger partial charge in [-0.05, 0) is 12.8 Å². The molecule has 0 radical (unpaired) electrons. The molecule has 0 spiro atoms. The Morgan fingerprint density at radius 1 is 1.33 bits per heavy atom. The van der Waals surface area contributed by atoms with E-state index in [1.54, 1.807) is 13.4 Å². The Kier molecular flexibility index (Phi) is 3.01. The topological polar surface area (TPSA) is 59.1 Å². The van der Waals surface area contributed by atoms with Crippen LogP contribution in [-0.2, 0) is 4.74 Å². The largest absolute Gasteiger partial charge is 0.381 e. The fraction of sp³-hybridized carbons (Fsp3) is 0.600. The highest BCUT2D eigenvalue weighted by atomic mass is 16.5. The molecule has 0 atom stereocenters. The number of nitrogens with one attached hydrogen (secondary N) is 2. The fourth-order valence-corrected chi connectivity index (χ4v) is 1.66. The number of aromatic nitrogens is 2. The lowest BCUT2D eigenvalue weighted by molar-refractivity contribution is 0.0328. The molecule has 0 saturated heterocycles. The zero-order valence-electron chi connectivity index (χ0n) is 9.03. The molecular weight excluding hydrogens is 192 g/mol. The molecule has 2 rings (SSSR count). The highest BCUT2D eigenvalue weighted by Crippen LogP contribution is 2.25. The second-order valence-electron chi connectivity index (χ2n) is 3.71. The molecule has 5 heteroatoms. The smallest absolute Gasteiger partial charge is 0.131 e. The molecule has 0 aliphatic heterocycles. The molecule has 0 aromatic carbocycles. The zero-order chi connectivity index (χ0) is 10.7. The molecule has 1 fully saturated rings. The van der Waals surface area contributed by atoms with Gasteiger partial charge in [0.15, 0.2) is 0 Å². The first-order chi connectivity index (χ1) is 7.31. The summed E-state index contributed by atoms with van der Waals surface area (Å²) in [6.07, 6.45) is 4.07. The molecule has 2 N–H and O–H groups in total. The zero-order valence-corrected chi connectivity index (χ0v) is 9.03. The molecule has 0 amide bonds. The molecule has 0 bridgehead atoms. The van der Waals surface area contributed by atoms with Crippen molar-refractivity contribution < 1.29 is 4.74 Å². The summed E-state index contributed by atoms with van der Waals surface area (Å²) in [4.78, 5) is 8.21. The van der Waals surface area contributed by atoms with Crippen molar-refractivity contribution in [3.8, 4) is 0 Å². The number of hydrogen-bond acceptors (Lipinski definition) is 5. The second-order valence-corrected chi connectivity index (χ2v) is 3.71. The molecule has 15 heavy (non-hydrogen) atoms. The number of ether oxygens (including phenoxy) is 1. The number of nitrogens with zero attached hydrogens (tertiary/aromatic N) is 2. The van der Waals surface area contributed by atoms with E-state index in [0.717, 1.165) is 24.5 Å². The maximum Gasteiger partial charge on any atom is 0.131 e. The minimum Gasteiger partial charge on any atom is -0.381 e. The summed E-state index contributed by atoms with van der Waals surface area (Å²) < 4.78 is 5.21. The summed E-state index contributed by atoms with van der Waals surface area (Å²) in [6, 6.07) is 2.38. The lowest BCUT2D eigenvalue weighted by Crippen LogP contribution is -2.40. The standard InChI is InChI=1S/C10H16N4O/c1-11-9-5-10(13-6-12-9)14-7-3-8(4-7)15-2/h5-8H,3-4H2,1-2H3,(H2,11,12,13,14). The van der Waals surface area contributed by atoms with Crippen LogP contribution in [0.25, 0.3) is 0 Å². The summed E-state index contributed by atoms with van der Waals surface area (Å²) in [7, 11) is 3.60. The average molecular weight is 208 g/mol. The van der Waals surface area contributed by atoms with E-state index in [2.05, 4.69) is 20.6 Å². The third-order valence-electron chi connectivity index (χ3n) is 2.70. The van der Waals surface area contributed by atoms with Gasteiger partial charge in [-0.2, -0.15) is 0 Å². The van der Waals surface area contributed by atoms with E-state index in [1.165, 1.54) is 0 Å². The average Bonchev–Trinajstić information content (AvgIpc) is 2.23. The van der Waals surface area contributed by atoms with Crippen LogP contribution in [0, 0.1) is 0 Å². The van der Waals surface area contributed by atoms with Crippen LogP contribution in [0.4, 0.5) is 11.6 Å². The molecular formula is C10H16N4O. The minimum atomic E-state index is 0.410. The van der Waals surface area contributed by atoms with Gasteiger partial charge in [0.2, 0.25) is 0 Å². The summed E-state index contributed by atoms with van der Waals surface area (Å²) in [5.74, 6) is 1.70. The van der Waals surface area contributed by atoms with Crippen LogP contribution in [0.3, 0.4) is 0 Å². The predicted octanol–water partition coefficient (Wildman–Crippen LogP) is 1.11. The molecule has 1 aromatic heterocycles. The normalized spacial score (nSPS) is 24.4. The molecule has 1 saturated carbocycles. The highest BCUT2D eigenvalue weighted by molar-refractivity contribution is 5.46. The van der Waals surface area contributed by atoms with Crippen molar-refractivity contribution in [1.29, 1.82) is 0 Å². The van der Waals surface area contributed by atoms with E-state index in [0.29, 0.717) is 12.1 Å². The van der Waals surface area contributed by atoms with Crippen LogP contribution in [-0.4, -0.2) is 36.3 Å². The van der Waals surface area contributed by atoms with Crippen LogP contribution < -0.4 is 10.6 Å². The van der Waals surface area contributed by atoms with Gasteiger partial charge in [0.1, 0.15) is 18.0 Å². The Hall–Kier alpha value is -1.36. The third-order valence-corrected chi connectivity index (χ3v) is 2.70. The monoisotopic (exact) mass is 208 g/mol. The Morgan fingerprint density at radius 3 is 2.73 bits per heavy atom. The summed E-state index contributed by atoms with van der Waals surface area (Å²) >= 11 is 0. The van der Waals surface area contributed by atoms with Crippen molar-refractivity contribution in [1.82, 2.24) is 9.97 Å². The number of anilines is 2. The van der Waals surface area contributed by atoms with Gasteiger partial charge in [-0.1, -0.05) is 0 Å². The Bertz CT molecular complexity index is 325. The summed E-state index contributed by atoms with van der Waals surface area (Å²) in [5, 5.41) is 6.33. The molecule has 82 valence electrons. The van der Waals surface area contributed by atoms with Gasteiger partial charge in [-0.15, -0.1) is 0 Å². The first kappa shape index (κ1) is 10.2. The van der Waals surface area contributed by atoms with Crippen molar-refractivity contribution >= 4 is 11.6 Å². The Morgan fingerprint density at radius 2 is 2.07 bits per heavy atom. The molecule has 0 unspecified atom stereocenters. The van der Waals surface area contributed by atoms with E-state index in [-0.39, 0.29) is 0 Å². The lowest BCUT2D eigenvalue weighted by Gasteiger charge is -2.34. The Labute approximate surface area is 89.3 Å². The van der Waals surface area contributed by atoms with Crippen molar-refractivity contribution in [2.24, 2.45) is 0 Å². The van der Waals surface area contributed by atoms with E-state index in [9.17, 15) is 0 Å². The summed E-state index contributed by atoms with van der Waals surface area (Å²) in [5.41, 5.74) is 0. The fourth-order valence-electron chi connectivity index (χ4n) is 1.66. The number of methoxy groups -OCH3 is 1. The van der Waals surface area contributed by atoms with Crippen molar-refractivity contribution in [2.45, 2.75) is 25.0 Å². The molecule has 1 aliphatic rings. The van der Waals surface area contributed by atoms with Crippen LogP contribution >= 0.6 is 0 Å². The lowest BCUT2D eigenvalue weighted by atomic mass is 9.89. The first-order valence-corrected chi connectivity index (χ1v) is 5.11. The quantitative estimate of drug-likeness (QED) is 0.776. The van der Waals surface area contributed by atoms with Gasteiger partial charge < -0.3 is 15.4 Å². The van der Waals surface area contributed by atoms with Gasteiger partial charge >= 0.3 is 0 Å². The predicted molar refractivity (Wildman–Crippen MR) is 59.0 cm³/mol. The van der Waals surface area contributed by atoms with Gasteiger partial charge in [0, 0.05) is 26.3 Å². The maximum absolute atomic E-state index is 5.21. The summed E-state index contributed by atoms with van der Waals surface area (Å²) in [6.45, 7) is 0. The van der Waals surface area contributed by atoms with Gasteiger partial charge in [0.05, 0.1) is 6.10 Å². The van der Waals surface area contributed by atoms with Crippen LogP contribution in [0.5, 0.6) is 0 Å². The third kappa shape index (κ3) is 2.36. The first-order valence-electron chi connectivity index (χ1n) is 5.11. The van der Waals surface area contributed by atoms with E-state index >= 15 is 0 Å². The SMILES string of the molecule is CNc1cc(NC2CC(OC)C2)ncn1. The highest BCUT2D eigenvalue weighted by Gasteiger charge is 2.28. The van der Waals surface area contributed by atoms with Gasteiger partial charge in [-0.25, -0.2) is 9.97 Å². The molecule has 1 aromatic rings. The Balaban J connectivity index is 1.88. The van der Waals surface area contributed by atoms with Crippen molar-refractivity contribution in [3.05, 3.63) is 12.4 Å². The number of hydrogen-bond donors (Lipinski definition) is 2. The molecule has 1 heterocycles. The molecule has 5 nitrogen and oxygen atoms in total. The van der Waals surface area contributed by atoms with Crippen molar-refractivity contribution in [3.63, 3.8) is 0 Å². The molecule has 1 aliphatic carbocycles. The van der Waals surface area contributed by atoms with Crippen LogP contribution in [0.1, 0.15) is 12.8 Å². The van der Waals surface area contributed by atoms with Crippen molar-refractivity contribution in [2.75, 3.05) is 24.8 Å².